The van der Waals surface area contributed by atoms with E-state index in [1.54, 1.807) is 43.3 Å². The van der Waals surface area contributed by atoms with E-state index >= 15 is 0 Å². The maximum absolute atomic E-state index is 14.4. The van der Waals surface area contributed by atoms with Gasteiger partial charge in [-0.05, 0) is 49.6 Å². The highest BCUT2D eigenvalue weighted by Crippen LogP contribution is 2.46. The molecule has 2 amide bonds. The number of amides is 2. The molecule has 0 saturated heterocycles. The average Bonchev–Trinajstić information content (AvgIpc) is 3.57. The first-order valence-corrected chi connectivity index (χ1v) is 11.7. The molecule has 37 heavy (non-hydrogen) atoms. The lowest BCUT2D eigenvalue weighted by Gasteiger charge is -2.19. The molecule has 9 nitrogen and oxygen atoms in total. The quantitative estimate of drug-likeness (QED) is 0.376. The fourth-order valence-corrected chi connectivity index (χ4v) is 4.31. The van der Waals surface area contributed by atoms with E-state index in [0.29, 0.717) is 34.9 Å². The maximum Gasteiger partial charge on any atom is 0.328 e. The van der Waals surface area contributed by atoms with Crippen molar-refractivity contribution in [3.63, 3.8) is 0 Å². The van der Waals surface area contributed by atoms with Crippen LogP contribution < -0.4 is 10.6 Å². The summed E-state index contributed by atoms with van der Waals surface area (Å²) >= 11 is 0. The summed E-state index contributed by atoms with van der Waals surface area (Å²) in [6, 6.07) is 12.4. The summed E-state index contributed by atoms with van der Waals surface area (Å²) in [6.07, 6.45) is 5.90. The van der Waals surface area contributed by atoms with Gasteiger partial charge in [-0.25, -0.2) is 13.9 Å². The van der Waals surface area contributed by atoms with Crippen LogP contribution in [0.1, 0.15) is 46.0 Å². The Morgan fingerprint density at radius 1 is 1.05 bits per heavy atom. The molecule has 188 valence electrons. The van der Waals surface area contributed by atoms with Gasteiger partial charge in [0.1, 0.15) is 17.5 Å². The maximum atomic E-state index is 14.4. The van der Waals surface area contributed by atoms with E-state index < -0.39 is 29.3 Å². The Morgan fingerprint density at radius 2 is 1.84 bits per heavy atom. The van der Waals surface area contributed by atoms with Crippen molar-refractivity contribution in [3.05, 3.63) is 89.6 Å². The van der Waals surface area contributed by atoms with Crippen molar-refractivity contribution in [1.29, 1.82) is 0 Å². The molecule has 2 N–H and O–H groups in total. The summed E-state index contributed by atoms with van der Waals surface area (Å²) in [5.74, 6) is -1.75. The number of rotatable bonds is 7. The Bertz CT molecular complexity index is 1530. The molecule has 1 aliphatic rings. The van der Waals surface area contributed by atoms with Crippen molar-refractivity contribution in [1.82, 2.24) is 25.4 Å². The molecule has 10 heteroatoms. The van der Waals surface area contributed by atoms with Gasteiger partial charge in [0.25, 0.3) is 11.8 Å². The Labute approximate surface area is 211 Å². The summed E-state index contributed by atoms with van der Waals surface area (Å²) in [5.41, 5.74) is 1.58. The zero-order chi connectivity index (χ0) is 26.2. The largest absolute Gasteiger partial charge is 0.467 e. The Kier molecular flexibility index (Phi) is 6.16. The highest BCUT2D eigenvalue weighted by molar-refractivity contribution is 6.06. The summed E-state index contributed by atoms with van der Waals surface area (Å²) < 4.78 is 20.4. The van der Waals surface area contributed by atoms with Gasteiger partial charge in [0.05, 0.1) is 36.1 Å². The second-order valence-corrected chi connectivity index (χ2v) is 8.96. The summed E-state index contributed by atoms with van der Waals surface area (Å²) in [6.45, 7) is 1.54. The molecular weight excluding hydrogens is 477 g/mol. The molecule has 2 heterocycles. The van der Waals surface area contributed by atoms with Gasteiger partial charge in [-0.3, -0.25) is 14.6 Å². The second kappa shape index (κ2) is 9.45. The molecular formula is C27H24FN5O4. The van der Waals surface area contributed by atoms with Crippen LogP contribution >= 0.6 is 0 Å². The van der Waals surface area contributed by atoms with Crippen LogP contribution in [-0.2, 0) is 15.1 Å². The van der Waals surface area contributed by atoms with Gasteiger partial charge in [0.2, 0.25) is 0 Å². The average molecular weight is 502 g/mol. The number of nitrogens with one attached hydrogen (secondary N) is 2. The van der Waals surface area contributed by atoms with E-state index in [1.165, 1.54) is 36.4 Å². The third-order valence-electron chi connectivity index (χ3n) is 6.50. The first kappa shape index (κ1) is 24.1. The van der Waals surface area contributed by atoms with Crippen molar-refractivity contribution in [2.45, 2.75) is 31.3 Å². The van der Waals surface area contributed by atoms with E-state index in [0.717, 1.165) is 5.56 Å². The van der Waals surface area contributed by atoms with E-state index in [1.807, 2.05) is 6.07 Å². The van der Waals surface area contributed by atoms with E-state index in [2.05, 4.69) is 25.5 Å². The number of esters is 1. The van der Waals surface area contributed by atoms with Crippen LogP contribution in [0.4, 0.5) is 4.39 Å². The molecule has 0 spiro atoms. The van der Waals surface area contributed by atoms with Crippen LogP contribution in [0.3, 0.4) is 0 Å². The Morgan fingerprint density at radius 3 is 2.57 bits per heavy atom. The molecule has 5 rings (SSSR count). The standard InChI is InChI=1S/C27H24FN5O4/c1-16(26(36)37-2)31-24(34)17-6-5-7-18(12-17)27(10-11-27)32-25(35)20-13-29-15-23-19(20)14-30-33(23)22-9-4-3-8-21(22)28/h3-9,12-16H,10-11H2,1-2H3,(H,31,34)(H,32,35). The minimum absolute atomic E-state index is 0.257. The third kappa shape index (κ3) is 4.53. The van der Waals surface area contributed by atoms with Crippen molar-refractivity contribution in [2.24, 2.45) is 0 Å². The van der Waals surface area contributed by atoms with E-state index in [4.69, 9.17) is 0 Å². The lowest BCUT2D eigenvalue weighted by atomic mass is 10.0. The summed E-state index contributed by atoms with van der Waals surface area (Å²) in [7, 11) is 1.26. The second-order valence-electron chi connectivity index (χ2n) is 8.96. The molecule has 0 bridgehead atoms. The number of aromatic nitrogens is 3. The van der Waals surface area contributed by atoms with Crippen LogP contribution in [0.15, 0.2) is 67.1 Å². The van der Waals surface area contributed by atoms with Crippen molar-refractivity contribution >= 4 is 28.7 Å². The van der Waals surface area contributed by atoms with Gasteiger partial charge in [-0.1, -0.05) is 24.3 Å². The molecule has 1 saturated carbocycles. The molecule has 1 fully saturated rings. The van der Waals surface area contributed by atoms with Gasteiger partial charge >= 0.3 is 5.97 Å². The van der Waals surface area contributed by atoms with Gasteiger partial charge in [-0.2, -0.15) is 5.10 Å². The Balaban J connectivity index is 1.39. The van der Waals surface area contributed by atoms with E-state index in [-0.39, 0.29) is 11.6 Å². The number of hydrogen-bond donors (Lipinski definition) is 2. The zero-order valence-electron chi connectivity index (χ0n) is 20.2. The lowest BCUT2D eigenvalue weighted by molar-refractivity contribution is -0.142. The minimum atomic E-state index is -0.797. The number of benzene rings is 2. The highest BCUT2D eigenvalue weighted by atomic mass is 19.1. The molecule has 4 aromatic rings. The van der Waals surface area contributed by atoms with E-state index in [9.17, 15) is 18.8 Å². The number of para-hydroxylation sites is 1. The molecule has 0 aliphatic heterocycles. The van der Waals surface area contributed by atoms with Gasteiger partial charge < -0.3 is 15.4 Å². The lowest BCUT2D eigenvalue weighted by Crippen LogP contribution is -2.39. The van der Waals surface area contributed by atoms with Crippen LogP contribution in [-0.4, -0.2) is 45.7 Å². The molecule has 1 unspecified atom stereocenters. The Hall–Kier alpha value is -4.60. The molecule has 1 atom stereocenters. The van der Waals surface area contributed by atoms with Gasteiger partial charge in [0.15, 0.2) is 0 Å². The fraction of sp³-hybridized carbons (Fsp3) is 0.222. The fourth-order valence-electron chi connectivity index (χ4n) is 4.31. The number of hydrogen-bond acceptors (Lipinski definition) is 6. The normalized spacial score (nSPS) is 14.6. The number of nitrogens with zero attached hydrogens (tertiary/aromatic N) is 3. The van der Waals surface area contributed by atoms with Crippen molar-refractivity contribution in [3.8, 4) is 5.69 Å². The topological polar surface area (TPSA) is 115 Å². The molecule has 2 aromatic heterocycles. The SMILES string of the molecule is COC(=O)C(C)NC(=O)c1cccc(C2(NC(=O)c3cncc4c3cnn4-c3ccccc3F)CC2)c1. The predicted octanol–water partition coefficient (Wildman–Crippen LogP) is 3.27. The van der Waals surface area contributed by atoms with Crippen LogP contribution in [0.25, 0.3) is 16.6 Å². The van der Waals surface area contributed by atoms with Gasteiger partial charge in [-0.15, -0.1) is 0 Å². The smallest absolute Gasteiger partial charge is 0.328 e. The summed E-state index contributed by atoms with van der Waals surface area (Å²) in [5, 5.41) is 10.5. The molecule has 1 aliphatic carbocycles. The number of ether oxygens (including phenoxy) is 1. The van der Waals surface area contributed by atoms with Gasteiger partial charge in [0, 0.05) is 17.1 Å². The zero-order valence-corrected chi connectivity index (χ0v) is 20.2. The van der Waals surface area contributed by atoms with Crippen molar-refractivity contribution in [2.75, 3.05) is 7.11 Å². The number of carbonyl (C=O) groups excluding carboxylic acids is 3. The first-order valence-electron chi connectivity index (χ1n) is 11.7. The third-order valence-corrected chi connectivity index (χ3v) is 6.50. The van der Waals surface area contributed by atoms with Crippen LogP contribution in [0.5, 0.6) is 0 Å². The first-order chi connectivity index (χ1) is 17.8. The predicted molar refractivity (Wildman–Crippen MR) is 133 cm³/mol. The van der Waals surface area contributed by atoms with Crippen LogP contribution in [0, 0.1) is 5.82 Å². The number of carbonyl (C=O) groups is 3. The number of methoxy groups -OCH3 is 1. The monoisotopic (exact) mass is 501 g/mol. The highest BCUT2D eigenvalue weighted by Gasteiger charge is 2.46. The van der Waals surface area contributed by atoms with Crippen LogP contribution in [0.2, 0.25) is 0 Å². The summed E-state index contributed by atoms with van der Waals surface area (Å²) in [4.78, 5) is 41.9. The number of halogens is 1. The molecule has 2 aromatic carbocycles. The number of pyridine rings is 1. The molecule has 0 radical (unpaired) electrons. The minimum Gasteiger partial charge on any atom is -0.467 e. The number of fused-ring (bicyclic) bond motifs is 1. The van der Waals surface area contributed by atoms with Crippen molar-refractivity contribution < 1.29 is 23.5 Å².